The zero-order valence-corrected chi connectivity index (χ0v) is 85.0. The first-order valence-electron chi connectivity index (χ1n) is 39.4. The Morgan fingerprint density at radius 2 is 0.715 bits per heavy atom. The number of hydrogen-bond donors (Lipinski definition) is 1. The van der Waals surface area contributed by atoms with Crippen molar-refractivity contribution in [3.05, 3.63) is 417 Å². The van der Waals surface area contributed by atoms with Crippen LogP contribution in [0.2, 0.25) is 0 Å². The summed E-state index contributed by atoms with van der Waals surface area (Å²) < 4.78 is 90.7. The second-order valence-electron chi connectivity index (χ2n) is 27.9. The first-order valence-corrected chi connectivity index (χ1v) is 53.8. The Hall–Kier alpha value is -9.09. The number of nitrogens with one attached hydrogen (secondary N) is 1. The van der Waals surface area contributed by atoms with Crippen LogP contribution in [0.3, 0.4) is 0 Å². The summed E-state index contributed by atoms with van der Waals surface area (Å²) in [6.07, 6.45) is 0. The molecule has 16 aromatic rings. The van der Waals surface area contributed by atoms with Gasteiger partial charge < -0.3 is 40.0 Å². The van der Waals surface area contributed by atoms with E-state index in [1.54, 1.807) is 26.4 Å². The van der Waals surface area contributed by atoms with E-state index < -0.39 is 14.8 Å². The Bertz CT molecular complexity index is 5980. The molecule has 0 fully saturated rings. The maximum Gasteiger partial charge on any atom is 0.357 e. The standard InChI is InChI=1S/C16H18I.C16H13NO3S.C16H14O5S.2C14H14I.C12H9INO2.C12H12O4S.AsF5.FH/c1-11-5-7-15(9-13(11)3)17-16-8-6-12(2)14(4)10-16;18-19-20-21-14-10-9-12-5-4-8-16(15(12)11-14)17-13-6-2-1-3-7-13;1-18-15-11-5-3-4-6-12(11)16(19-2)14-9-10(22-21-20-17)7-8-13(14)15;2*1-11-3-7-13(8-4-11)15-14-9-5-12(2)6-10-14;15-14(16)12-8-6-11(7-9-12)13-10-4-2-1-3-5-10;1-2-14-11-7-8-12(17-16-15-13)10-6-4-3-5-9(10)11;2-1(3,4,5)6;/h5-10H,1-4H3;1-11,17-18H;3-9,17H,1-2H3;2*3-10H,1-2H3;1-9H;3-8,13H,2H2,1H3;;1H/q+1;;;3*+1;;;/p-4. The molecule has 16 nitrogen and oxygen atoms in total. The number of nitrogens with zero attached hydrogens (tertiary/aromatic N) is 1. The molecule has 30 heteroatoms. The van der Waals surface area contributed by atoms with Gasteiger partial charge in [0.25, 0.3) is 5.69 Å². The molecule has 678 valence electrons. The van der Waals surface area contributed by atoms with Gasteiger partial charge in [-0.3, -0.25) is 25.2 Å². The molecular formula is C100H91AsF6I4N2O14S3. The SMILES string of the molecule is CCOc1ccc(SOO[O-])c2ccccc12.COc1c2ccccc2c(OC)c2cc(SOO[O-])ccc12.Cc1ccc([I+]c2ccc(C)c(C)c2)cc1C.Cc1ccc([I+]c2ccc(C)cc2)cc1.Cc1ccc([I+]c2ccc(C)cc2)cc1.F[As](F)(F)(F)F.O=[N+]([O-])c1ccc([I+]c2ccccc2)cc1.[F-].[O-]OOSc1ccc2cccc(Nc3ccccc3)c2c1. The van der Waals surface area contributed by atoms with Crippen molar-refractivity contribution in [2.24, 2.45) is 0 Å². The van der Waals surface area contributed by atoms with Crippen LogP contribution in [0, 0.1) is 94.1 Å². The summed E-state index contributed by atoms with van der Waals surface area (Å²) in [5, 5.41) is 61.5. The van der Waals surface area contributed by atoms with Crippen molar-refractivity contribution in [3.8, 4) is 17.2 Å². The molecule has 0 unspecified atom stereocenters. The van der Waals surface area contributed by atoms with Crippen LogP contribution in [0.5, 0.6) is 17.2 Å². The number of hydrogen-bond acceptors (Lipinski definition) is 18. The molecule has 130 heavy (non-hydrogen) atoms. The van der Waals surface area contributed by atoms with E-state index in [0.717, 1.165) is 123 Å². The van der Waals surface area contributed by atoms with Crippen LogP contribution < -0.4 is 125 Å². The third-order valence-corrected chi connectivity index (χ3v) is 30.9. The third-order valence-electron chi connectivity index (χ3n) is 18.4. The van der Waals surface area contributed by atoms with Crippen LogP contribution in [0.1, 0.15) is 51.4 Å². The number of aryl methyl sites for hydroxylation is 8. The van der Waals surface area contributed by atoms with Crippen LogP contribution in [0.4, 0.5) is 34.4 Å². The van der Waals surface area contributed by atoms with Gasteiger partial charge in [0, 0.05) is 75.9 Å². The molecule has 0 saturated heterocycles. The molecule has 0 aliphatic rings. The quantitative estimate of drug-likeness (QED) is 0.00872. The van der Waals surface area contributed by atoms with Crippen LogP contribution in [0.25, 0.3) is 43.1 Å². The molecule has 16 aromatic carbocycles. The molecule has 0 aliphatic heterocycles. The average Bonchev–Trinajstić information content (AvgIpc) is 0.750. The monoisotopic (exact) mass is 2340 g/mol. The number of rotatable bonds is 24. The topological polar surface area (TPSA) is 207 Å². The second-order valence-corrected chi connectivity index (χ2v) is 45.0. The van der Waals surface area contributed by atoms with Gasteiger partial charge in [0.05, 0.1) is 61.9 Å². The van der Waals surface area contributed by atoms with E-state index in [4.69, 9.17) is 14.2 Å². The fourth-order valence-electron chi connectivity index (χ4n) is 11.9. The summed E-state index contributed by atoms with van der Waals surface area (Å²) in [5.74, 6) is 2.34. The number of anilines is 2. The van der Waals surface area contributed by atoms with E-state index >= 15 is 0 Å². The Balaban J connectivity index is 0.000000186. The number of nitro groups is 1. The van der Waals surface area contributed by atoms with Crippen molar-refractivity contribution >= 4 is 111 Å². The summed E-state index contributed by atoms with van der Waals surface area (Å²) in [6, 6.07) is 113. The minimum absolute atomic E-state index is 0. The van der Waals surface area contributed by atoms with Gasteiger partial charge >= 0.3 is 117 Å². The van der Waals surface area contributed by atoms with Crippen LogP contribution in [-0.2, 0) is 28.1 Å². The summed E-state index contributed by atoms with van der Waals surface area (Å²) in [4.78, 5) is 12.4. The number of non-ortho nitro benzene ring substituents is 1. The molecule has 0 aliphatic carbocycles. The number of benzene rings is 16. The summed E-state index contributed by atoms with van der Waals surface area (Å²) in [7, 11) is 3.27. The van der Waals surface area contributed by atoms with Gasteiger partial charge in [0.2, 0.25) is 0 Å². The average molecular weight is 2340 g/mol. The van der Waals surface area contributed by atoms with Crippen LogP contribution >= 0.6 is 36.1 Å². The Morgan fingerprint density at radius 3 is 1.14 bits per heavy atom. The molecule has 0 saturated carbocycles. The van der Waals surface area contributed by atoms with Crippen molar-refractivity contribution in [1.29, 1.82) is 0 Å². The number of para-hydroxylation sites is 1. The minimum Gasteiger partial charge on any atom is -1.00 e. The van der Waals surface area contributed by atoms with Gasteiger partial charge in [-0.25, -0.2) is 0 Å². The van der Waals surface area contributed by atoms with Gasteiger partial charge in [-0.2, -0.15) is 13.0 Å². The molecule has 0 radical (unpaired) electrons. The predicted molar refractivity (Wildman–Crippen MR) is 484 cm³/mol. The number of methoxy groups -OCH3 is 2. The molecule has 0 atom stereocenters. The maximum atomic E-state index is 10.5. The van der Waals surface area contributed by atoms with E-state index in [0.29, 0.717) is 6.61 Å². The maximum absolute atomic E-state index is 10.5. The molecule has 0 amide bonds. The van der Waals surface area contributed by atoms with Crippen LogP contribution in [-0.4, -0.2) is 40.6 Å². The Labute approximate surface area is 809 Å². The largest absolute Gasteiger partial charge is 1.00 e. The smallest absolute Gasteiger partial charge is 0.357 e. The van der Waals surface area contributed by atoms with Gasteiger partial charge in [-0.05, 0) is 248 Å². The second kappa shape index (κ2) is 54.8. The first kappa shape index (κ1) is 106. The number of nitro benzene ring substituents is 1. The molecule has 0 bridgehead atoms. The Kier molecular flexibility index (Phi) is 44.8. The number of fused-ring (bicyclic) bond motifs is 4. The zero-order chi connectivity index (χ0) is 92.7. The van der Waals surface area contributed by atoms with Gasteiger partial charge in [0.15, 0.2) is 28.6 Å². The summed E-state index contributed by atoms with van der Waals surface area (Å²) >= 11 is -6.62. The number of ether oxygens (including phenoxy) is 3. The fourth-order valence-corrected chi connectivity index (χ4v) is 22.4. The van der Waals surface area contributed by atoms with Gasteiger partial charge in [-0.15, -0.1) is 0 Å². The van der Waals surface area contributed by atoms with Gasteiger partial charge in [0.1, 0.15) is 17.2 Å². The van der Waals surface area contributed by atoms with Crippen molar-refractivity contribution in [1.82, 2.24) is 0 Å². The van der Waals surface area contributed by atoms with E-state index in [-0.39, 0.29) is 100 Å². The Morgan fingerprint density at radius 1 is 0.354 bits per heavy atom. The molecule has 0 spiro atoms. The molecule has 1 N–H and O–H groups in total. The van der Waals surface area contributed by atoms with E-state index in [2.05, 4.69) is 234 Å². The first-order chi connectivity index (χ1) is 62.0. The molecule has 16 rings (SSSR count). The van der Waals surface area contributed by atoms with Crippen molar-refractivity contribution < 1.29 is 170 Å². The van der Waals surface area contributed by atoms with E-state index in [1.807, 2.05) is 183 Å². The molecular weight excluding hydrogens is 2250 g/mol. The van der Waals surface area contributed by atoms with Gasteiger partial charge in [-0.1, -0.05) is 186 Å². The van der Waals surface area contributed by atoms with Crippen molar-refractivity contribution in [2.45, 2.75) is 77.0 Å². The third kappa shape index (κ3) is 36.5. The minimum atomic E-state index is -8.99. The fraction of sp³-hybridized carbons (Fsp3) is 0.120. The molecule has 0 heterocycles. The van der Waals surface area contributed by atoms with E-state index in [9.17, 15) is 43.2 Å². The molecule has 0 aromatic heterocycles. The predicted octanol–water partition coefficient (Wildman–Crippen LogP) is 9.88. The van der Waals surface area contributed by atoms with Crippen molar-refractivity contribution in [2.75, 3.05) is 26.1 Å². The summed E-state index contributed by atoms with van der Waals surface area (Å²) in [6.45, 7) is 19.8. The summed E-state index contributed by atoms with van der Waals surface area (Å²) in [5.41, 5.74) is 13.1. The normalized spacial score (nSPS) is 10.9. The van der Waals surface area contributed by atoms with Crippen LogP contribution in [0.15, 0.2) is 348 Å². The van der Waals surface area contributed by atoms with Crippen molar-refractivity contribution in [3.63, 3.8) is 0 Å². The van der Waals surface area contributed by atoms with E-state index in [1.165, 1.54) is 73.1 Å². The number of halogens is 10. The zero-order valence-electron chi connectivity index (χ0n) is 72.1.